The van der Waals surface area contributed by atoms with Crippen molar-refractivity contribution in [2.24, 2.45) is 0 Å². The number of rotatable bonds is 4. The SMILES string of the molecule is CC(C)n1ncc2c(C(=O)NC3CCOc4ccccc43)cc(-c3ccco3)nc21. The van der Waals surface area contributed by atoms with Gasteiger partial charge in [0.05, 0.1) is 36.1 Å². The molecule has 0 fully saturated rings. The Labute approximate surface area is 173 Å². The van der Waals surface area contributed by atoms with Crippen LogP contribution in [-0.4, -0.2) is 27.3 Å². The molecule has 3 aromatic heterocycles. The van der Waals surface area contributed by atoms with Crippen LogP contribution in [0.1, 0.15) is 48.3 Å². The second-order valence-electron chi connectivity index (χ2n) is 7.65. The Morgan fingerprint density at radius 3 is 2.90 bits per heavy atom. The first-order chi connectivity index (χ1) is 14.6. The number of benzene rings is 1. The molecule has 1 unspecified atom stereocenters. The largest absolute Gasteiger partial charge is 0.493 e. The quantitative estimate of drug-likeness (QED) is 0.542. The summed E-state index contributed by atoms with van der Waals surface area (Å²) in [7, 11) is 0. The Kier molecular flexibility index (Phi) is 4.50. The molecule has 152 valence electrons. The van der Waals surface area contributed by atoms with Crippen LogP contribution in [0.25, 0.3) is 22.5 Å². The van der Waals surface area contributed by atoms with Crippen LogP contribution in [0.3, 0.4) is 0 Å². The van der Waals surface area contributed by atoms with Crippen LogP contribution in [0.5, 0.6) is 5.75 Å². The maximum Gasteiger partial charge on any atom is 0.252 e. The van der Waals surface area contributed by atoms with Gasteiger partial charge in [-0.15, -0.1) is 0 Å². The van der Waals surface area contributed by atoms with Gasteiger partial charge in [0.2, 0.25) is 0 Å². The lowest BCUT2D eigenvalue weighted by molar-refractivity contribution is 0.0926. The molecule has 0 radical (unpaired) electrons. The summed E-state index contributed by atoms with van der Waals surface area (Å²) in [4.78, 5) is 18.1. The van der Waals surface area contributed by atoms with Gasteiger partial charge in [0.25, 0.3) is 5.91 Å². The molecular formula is C23H22N4O3. The lowest BCUT2D eigenvalue weighted by Gasteiger charge is -2.26. The number of nitrogens with zero attached hydrogens (tertiary/aromatic N) is 3. The van der Waals surface area contributed by atoms with Crippen molar-refractivity contribution >= 4 is 16.9 Å². The first kappa shape index (κ1) is 18.4. The number of ether oxygens (including phenoxy) is 1. The Morgan fingerprint density at radius 2 is 2.10 bits per heavy atom. The van der Waals surface area contributed by atoms with E-state index >= 15 is 0 Å². The van der Waals surface area contributed by atoms with Crippen LogP contribution in [0.2, 0.25) is 0 Å². The second-order valence-corrected chi connectivity index (χ2v) is 7.65. The van der Waals surface area contributed by atoms with E-state index in [2.05, 4.69) is 10.4 Å². The average Bonchev–Trinajstić information content (AvgIpc) is 3.43. The fourth-order valence-electron chi connectivity index (χ4n) is 3.86. The molecule has 1 aromatic carbocycles. The van der Waals surface area contributed by atoms with Crippen LogP contribution in [0, 0.1) is 0 Å². The molecule has 30 heavy (non-hydrogen) atoms. The number of carbonyl (C=O) groups excluding carboxylic acids is 1. The fraction of sp³-hybridized carbons (Fsp3) is 0.261. The Hall–Kier alpha value is -3.61. The number of furan rings is 1. The minimum Gasteiger partial charge on any atom is -0.493 e. The van der Waals surface area contributed by atoms with Gasteiger partial charge in [0.1, 0.15) is 11.4 Å². The summed E-state index contributed by atoms with van der Waals surface area (Å²) in [6.07, 6.45) is 4.02. The summed E-state index contributed by atoms with van der Waals surface area (Å²) in [5.74, 6) is 1.26. The van der Waals surface area contributed by atoms with Crippen molar-refractivity contribution in [2.45, 2.75) is 32.4 Å². The van der Waals surface area contributed by atoms with Crippen LogP contribution in [0.4, 0.5) is 0 Å². The van der Waals surface area contributed by atoms with Crippen molar-refractivity contribution in [3.05, 3.63) is 66.1 Å². The van der Waals surface area contributed by atoms with E-state index in [4.69, 9.17) is 14.1 Å². The van der Waals surface area contributed by atoms with Gasteiger partial charge < -0.3 is 14.5 Å². The van der Waals surface area contributed by atoms with E-state index in [1.807, 2.05) is 48.9 Å². The summed E-state index contributed by atoms with van der Waals surface area (Å²) in [5.41, 5.74) is 2.79. The summed E-state index contributed by atoms with van der Waals surface area (Å²) >= 11 is 0. The lowest BCUT2D eigenvalue weighted by Crippen LogP contribution is -2.32. The van der Waals surface area contributed by atoms with Crippen molar-refractivity contribution < 1.29 is 13.9 Å². The number of hydrogen-bond donors (Lipinski definition) is 1. The third-order valence-corrected chi connectivity index (χ3v) is 5.34. The zero-order valence-corrected chi connectivity index (χ0v) is 16.8. The van der Waals surface area contributed by atoms with Gasteiger partial charge in [-0.05, 0) is 38.1 Å². The third-order valence-electron chi connectivity index (χ3n) is 5.34. The first-order valence-electron chi connectivity index (χ1n) is 10.1. The van der Waals surface area contributed by atoms with E-state index in [1.165, 1.54) is 0 Å². The zero-order valence-electron chi connectivity index (χ0n) is 16.8. The summed E-state index contributed by atoms with van der Waals surface area (Å²) in [6.45, 7) is 4.63. The molecule has 1 atom stereocenters. The molecule has 1 aliphatic heterocycles. The number of carbonyl (C=O) groups is 1. The van der Waals surface area contributed by atoms with Crippen molar-refractivity contribution in [2.75, 3.05) is 6.61 Å². The van der Waals surface area contributed by atoms with Crippen molar-refractivity contribution in [3.63, 3.8) is 0 Å². The Bertz CT molecular complexity index is 1210. The molecule has 0 saturated heterocycles. The van der Waals surface area contributed by atoms with Crippen molar-refractivity contribution in [3.8, 4) is 17.2 Å². The highest BCUT2D eigenvalue weighted by molar-refractivity contribution is 6.06. The molecule has 0 saturated carbocycles. The van der Waals surface area contributed by atoms with E-state index in [0.717, 1.165) is 16.7 Å². The lowest BCUT2D eigenvalue weighted by atomic mass is 10.00. The average molecular weight is 402 g/mol. The molecule has 0 bridgehead atoms. The van der Waals surface area contributed by atoms with Crippen LogP contribution in [-0.2, 0) is 0 Å². The monoisotopic (exact) mass is 402 g/mol. The molecule has 1 aliphatic rings. The number of nitrogens with one attached hydrogen (secondary N) is 1. The molecule has 4 aromatic rings. The minimum absolute atomic E-state index is 0.111. The van der Waals surface area contributed by atoms with Gasteiger partial charge in [-0.25, -0.2) is 9.67 Å². The summed E-state index contributed by atoms with van der Waals surface area (Å²) in [5, 5.41) is 8.37. The van der Waals surface area contributed by atoms with Gasteiger partial charge >= 0.3 is 0 Å². The number of hydrogen-bond acceptors (Lipinski definition) is 5. The number of para-hydroxylation sites is 1. The second kappa shape index (κ2) is 7.33. The van der Waals surface area contributed by atoms with Crippen LogP contribution < -0.4 is 10.1 Å². The predicted molar refractivity (Wildman–Crippen MR) is 112 cm³/mol. The molecule has 1 N–H and O–H groups in total. The summed E-state index contributed by atoms with van der Waals surface area (Å²) < 4.78 is 13.1. The molecule has 4 heterocycles. The highest BCUT2D eigenvalue weighted by Crippen LogP contribution is 2.32. The molecule has 0 spiro atoms. The van der Waals surface area contributed by atoms with Gasteiger partial charge in [-0.1, -0.05) is 18.2 Å². The minimum atomic E-state index is -0.166. The number of pyridine rings is 1. The van der Waals surface area contributed by atoms with Gasteiger partial charge in [-0.3, -0.25) is 4.79 Å². The zero-order chi connectivity index (χ0) is 20.7. The predicted octanol–water partition coefficient (Wildman–Crippen LogP) is 4.53. The van der Waals surface area contributed by atoms with E-state index in [0.29, 0.717) is 35.7 Å². The molecular weight excluding hydrogens is 380 g/mol. The maximum atomic E-state index is 13.4. The smallest absolute Gasteiger partial charge is 0.252 e. The van der Waals surface area contributed by atoms with Crippen molar-refractivity contribution in [1.82, 2.24) is 20.1 Å². The van der Waals surface area contributed by atoms with E-state index in [1.54, 1.807) is 24.6 Å². The highest BCUT2D eigenvalue weighted by atomic mass is 16.5. The number of fused-ring (bicyclic) bond motifs is 2. The fourth-order valence-corrected chi connectivity index (χ4v) is 3.86. The van der Waals surface area contributed by atoms with Crippen LogP contribution in [0.15, 0.2) is 59.3 Å². The Morgan fingerprint density at radius 1 is 1.23 bits per heavy atom. The van der Waals surface area contributed by atoms with E-state index in [-0.39, 0.29) is 18.0 Å². The van der Waals surface area contributed by atoms with Crippen molar-refractivity contribution in [1.29, 1.82) is 0 Å². The first-order valence-corrected chi connectivity index (χ1v) is 10.1. The normalized spacial score (nSPS) is 15.8. The van der Waals surface area contributed by atoms with Gasteiger partial charge in [0, 0.05) is 18.0 Å². The number of amides is 1. The van der Waals surface area contributed by atoms with E-state index < -0.39 is 0 Å². The standard InChI is InChI=1S/C23H22N4O3/c1-14(2)27-22-17(13-24-27)16(12-19(25-22)21-8-5-10-29-21)23(28)26-18-9-11-30-20-7-4-3-6-15(18)20/h3-8,10,12-14,18H,9,11H2,1-2H3,(H,26,28). The maximum absolute atomic E-state index is 13.4. The van der Waals surface area contributed by atoms with E-state index in [9.17, 15) is 4.79 Å². The molecule has 7 nitrogen and oxygen atoms in total. The number of aromatic nitrogens is 3. The molecule has 0 aliphatic carbocycles. The topological polar surface area (TPSA) is 82.2 Å². The Balaban J connectivity index is 1.57. The van der Waals surface area contributed by atoms with Crippen LogP contribution >= 0.6 is 0 Å². The highest BCUT2D eigenvalue weighted by Gasteiger charge is 2.25. The third kappa shape index (κ3) is 3.12. The molecule has 5 rings (SSSR count). The van der Waals surface area contributed by atoms with Gasteiger partial charge in [-0.2, -0.15) is 5.10 Å². The molecule has 1 amide bonds. The summed E-state index contributed by atoms with van der Waals surface area (Å²) in [6, 6.07) is 13.2. The molecule has 7 heteroatoms. The van der Waals surface area contributed by atoms with Gasteiger partial charge in [0.15, 0.2) is 11.4 Å².